The van der Waals surface area contributed by atoms with Crippen molar-refractivity contribution in [2.24, 2.45) is 0 Å². The van der Waals surface area contributed by atoms with E-state index >= 15 is 0 Å². The van der Waals surface area contributed by atoms with Crippen molar-refractivity contribution in [1.82, 2.24) is 0 Å². The summed E-state index contributed by atoms with van der Waals surface area (Å²) >= 11 is 0. The van der Waals surface area contributed by atoms with Crippen LogP contribution in [0.5, 0.6) is 0 Å². The minimum absolute atomic E-state index is 0.129. The molecule has 5 heteroatoms. The summed E-state index contributed by atoms with van der Waals surface area (Å²) in [6, 6.07) is 8.22. The summed E-state index contributed by atoms with van der Waals surface area (Å²) in [7, 11) is -3.38. The van der Waals surface area contributed by atoms with E-state index < -0.39 is 9.84 Å². The molecule has 1 fully saturated rings. The van der Waals surface area contributed by atoms with Gasteiger partial charge < -0.3 is 9.47 Å². The lowest BCUT2D eigenvalue weighted by atomic mass is 10.4. The predicted molar refractivity (Wildman–Crippen MR) is 58.5 cm³/mol. The molecule has 0 aromatic heterocycles. The second-order valence-electron chi connectivity index (χ2n) is 3.42. The van der Waals surface area contributed by atoms with E-state index in [2.05, 4.69) is 0 Å². The first-order chi connectivity index (χ1) is 7.68. The van der Waals surface area contributed by atoms with E-state index in [-0.39, 0.29) is 11.0 Å². The third-order valence-corrected chi connectivity index (χ3v) is 3.49. The second kappa shape index (κ2) is 4.67. The topological polar surface area (TPSA) is 55.9 Å². The average Bonchev–Trinajstić information content (AvgIpc) is 3.10. The summed E-state index contributed by atoms with van der Waals surface area (Å²) in [5.74, 6) is 0. The van der Waals surface area contributed by atoms with Gasteiger partial charge in [0.05, 0.1) is 23.2 Å². The maximum Gasteiger partial charge on any atom is 0.202 e. The fraction of sp³-hybridized carbons (Fsp3) is 0.273. The highest BCUT2D eigenvalue weighted by Gasteiger charge is 2.22. The predicted octanol–water partition coefficient (Wildman–Crippen LogP) is 1.35. The molecule has 1 heterocycles. The largest absolute Gasteiger partial charge is 0.498 e. The van der Waals surface area contributed by atoms with Crippen molar-refractivity contribution in [3.05, 3.63) is 42.0 Å². The second-order valence-corrected chi connectivity index (χ2v) is 5.25. The van der Waals surface area contributed by atoms with Crippen molar-refractivity contribution < 1.29 is 17.9 Å². The molecular weight excluding hydrogens is 228 g/mol. The fourth-order valence-electron chi connectivity index (χ4n) is 1.13. The minimum Gasteiger partial charge on any atom is -0.498 e. The Hall–Kier alpha value is -1.33. The lowest BCUT2D eigenvalue weighted by Gasteiger charge is -1.98. The van der Waals surface area contributed by atoms with Gasteiger partial charge in [-0.1, -0.05) is 18.2 Å². The third kappa shape index (κ3) is 3.08. The van der Waals surface area contributed by atoms with Gasteiger partial charge in [-0.25, -0.2) is 8.42 Å². The van der Waals surface area contributed by atoms with Crippen LogP contribution in [0.4, 0.5) is 0 Å². The quantitative estimate of drug-likeness (QED) is 0.576. The van der Waals surface area contributed by atoms with Crippen molar-refractivity contribution in [2.45, 2.75) is 11.0 Å². The number of rotatable bonds is 5. The minimum atomic E-state index is -3.38. The first-order valence-electron chi connectivity index (χ1n) is 4.88. The molecule has 1 atom stereocenters. The number of hydrogen-bond acceptors (Lipinski definition) is 4. The highest BCUT2D eigenvalue weighted by atomic mass is 32.2. The van der Waals surface area contributed by atoms with Crippen LogP contribution < -0.4 is 0 Å². The Bertz CT molecular complexity index is 460. The monoisotopic (exact) mass is 240 g/mol. The lowest BCUT2D eigenvalue weighted by molar-refractivity contribution is 0.213. The van der Waals surface area contributed by atoms with Crippen LogP contribution in [0, 0.1) is 0 Å². The van der Waals surface area contributed by atoms with Gasteiger partial charge in [-0.3, -0.25) is 0 Å². The summed E-state index contributed by atoms with van der Waals surface area (Å²) in [6.07, 6.45) is 1.33. The Morgan fingerprint density at radius 1 is 1.38 bits per heavy atom. The molecule has 0 saturated carbocycles. The van der Waals surface area contributed by atoms with Crippen molar-refractivity contribution in [3.63, 3.8) is 0 Å². The molecule has 16 heavy (non-hydrogen) atoms. The van der Waals surface area contributed by atoms with Crippen LogP contribution in [0.1, 0.15) is 0 Å². The summed E-state index contributed by atoms with van der Waals surface area (Å²) in [6.45, 7) is 1.10. The van der Waals surface area contributed by atoms with Crippen LogP contribution in [0.2, 0.25) is 0 Å². The van der Waals surface area contributed by atoms with Gasteiger partial charge in [-0.05, 0) is 12.1 Å². The van der Waals surface area contributed by atoms with E-state index in [4.69, 9.17) is 9.47 Å². The molecule has 0 spiro atoms. The van der Waals surface area contributed by atoms with Crippen molar-refractivity contribution in [1.29, 1.82) is 0 Å². The highest BCUT2D eigenvalue weighted by Crippen LogP contribution is 2.12. The molecule has 4 nitrogen and oxygen atoms in total. The molecule has 0 unspecified atom stereocenters. The Morgan fingerprint density at radius 2 is 2.06 bits per heavy atom. The smallest absolute Gasteiger partial charge is 0.202 e. The summed E-state index contributed by atoms with van der Waals surface area (Å²) in [5, 5.41) is 1.06. The van der Waals surface area contributed by atoms with Crippen LogP contribution in [0.25, 0.3) is 0 Å². The van der Waals surface area contributed by atoms with E-state index in [1.165, 1.54) is 6.26 Å². The molecule has 0 amide bonds. The molecule has 1 aromatic carbocycles. The van der Waals surface area contributed by atoms with Gasteiger partial charge in [0.25, 0.3) is 0 Å². The van der Waals surface area contributed by atoms with Gasteiger partial charge in [-0.2, -0.15) is 0 Å². The normalized spacial score (nSPS) is 19.9. The van der Waals surface area contributed by atoms with Crippen LogP contribution in [-0.2, 0) is 19.3 Å². The Balaban J connectivity index is 1.96. The van der Waals surface area contributed by atoms with Crippen molar-refractivity contribution in [3.8, 4) is 0 Å². The third-order valence-electron chi connectivity index (χ3n) is 2.09. The van der Waals surface area contributed by atoms with Crippen LogP contribution in [0.15, 0.2) is 46.9 Å². The zero-order valence-electron chi connectivity index (χ0n) is 8.57. The summed E-state index contributed by atoms with van der Waals surface area (Å²) in [4.78, 5) is 0.262. The van der Waals surface area contributed by atoms with E-state index in [0.29, 0.717) is 13.2 Å². The number of hydrogen-bond donors (Lipinski definition) is 0. The SMILES string of the molecule is O=S(=O)(/C=C/OC[C@H]1CO1)c1ccccc1. The molecule has 0 N–H and O–H groups in total. The standard InChI is InChI=1S/C11H12O4S/c12-16(13,11-4-2-1-3-5-11)7-6-14-8-10-9-15-10/h1-7,10H,8-9H2/b7-6+/t10-/m0/s1. The van der Waals surface area contributed by atoms with Crippen LogP contribution in [-0.4, -0.2) is 27.7 Å². The molecule has 1 aromatic rings. The first-order valence-corrected chi connectivity index (χ1v) is 6.43. The lowest BCUT2D eigenvalue weighted by Crippen LogP contribution is -1.98. The van der Waals surface area contributed by atoms with E-state index in [9.17, 15) is 8.42 Å². The van der Waals surface area contributed by atoms with Crippen LogP contribution >= 0.6 is 0 Å². The molecule has 0 aliphatic carbocycles. The average molecular weight is 240 g/mol. The molecule has 0 bridgehead atoms. The van der Waals surface area contributed by atoms with E-state index in [1.807, 2.05) is 0 Å². The summed E-state index contributed by atoms with van der Waals surface area (Å²) < 4.78 is 33.3. The van der Waals surface area contributed by atoms with E-state index in [0.717, 1.165) is 5.41 Å². The molecule has 1 saturated heterocycles. The van der Waals surface area contributed by atoms with Gasteiger partial charge in [0.2, 0.25) is 9.84 Å². The Kier molecular flexibility index (Phi) is 3.26. The van der Waals surface area contributed by atoms with Crippen molar-refractivity contribution in [2.75, 3.05) is 13.2 Å². The molecule has 1 aliphatic rings. The number of sulfone groups is 1. The van der Waals surface area contributed by atoms with Gasteiger partial charge in [-0.15, -0.1) is 0 Å². The molecule has 1 aliphatic heterocycles. The number of ether oxygens (including phenoxy) is 2. The fourth-order valence-corrected chi connectivity index (χ4v) is 2.05. The maximum atomic E-state index is 11.7. The molecule has 2 rings (SSSR count). The van der Waals surface area contributed by atoms with Gasteiger partial charge in [0.15, 0.2) is 0 Å². The first kappa shape index (κ1) is 11.2. The molecular formula is C11H12O4S. The molecule has 86 valence electrons. The van der Waals surface area contributed by atoms with Gasteiger partial charge >= 0.3 is 0 Å². The van der Waals surface area contributed by atoms with E-state index in [1.54, 1.807) is 30.3 Å². The zero-order valence-corrected chi connectivity index (χ0v) is 9.39. The Morgan fingerprint density at radius 3 is 2.69 bits per heavy atom. The maximum absolute atomic E-state index is 11.7. The number of benzene rings is 1. The highest BCUT2D eigenvalue weighted by molar-refractivity contribution is 7.94. The van der Waals surface area contributed by atoms with Gasteiger partial charge in [0.1, 0.15) is 12.7 Å². The van der Waals surface area contributed by atoms with Gasteiger partial charge in [0, 0.05) is 0 Å². The summed E-state index contributed by atoms with van der Waals surface area (Å²) in [5.41, 5.74) is 0. The number of epoxide rings is 1. The van der Waals surface area contributed by atoms with Crippen LogP contribution in [0.3, 0.4) is 0 Å². The van der Waals surface area contributed by atoms with Crippen molar-refractivity contribution >= 4 is 9.84 Å². The molecule has 0 radical (unpaired) electrons. The Labute approximate surface area is 94.4 Å². The zero-order chi connectivity index (χ0) is 11.4.